The maximum absolute atomic E-state index is 11.3. The van der Waals surface area contributed by atoms with Crippen LogP contribution in [0.2, 0.25) is 0 Å². The minimum Gasteiger partial charge on any atom is -0.508 e. The number of methoxy groups -OCH3 is 1. The van der Waals surface area contributed by atoms with Crippen molar-refractivity contribution in [3.05, 3.63) is 189 Å². The molecule has 2 saturated carbocycles. The lowest BCUT2D eigenvalue weighted by Gasteiger charge is -2.36. The van der Waals surface area contributed by atoms with Crippen LogP contribution in [0.25, 0.3) is 0 Å². The molecule has 5 aliphatic rings. The summed E-state index contributed by atoms with van der Waals surface area (Å²) >= 11 is 0. The molecular weight excluding hydrogens is 1040 g/mol. The van der Waals surface area contributed by atoms with Crippen molar-refractivity contribution in [3.8, 4) is 17.2 Å². The molecule has 5 aromatic carbocycles. The monoisotopic (exact) mass is 1130 g/mol. The maximum Gasteiger partial charge on any atom is 0.240 e. The Morgan fingerprint density at radius 1 is 0.588 bits per heavy atom. The summed E-state index contributed by atoms with van der Waals surface area (Å²) in [5.74, 6) is 5.16. The SMILES string of the molecule is CNS(=O)(=O)C1=CC=CC=CC1.CNS(=O)(=O)c1ccccc1.COc1ccccc1CC1c2ccc(O)cc2CCC1NCC1CCC(C)CC1.NCc1ccc(CC2c3ccc(O)cc3CCC2NCC2CCCCC2)cc1. The first-order valence-electron chi connectivity index (χ1n) is 29.1. The van der Waals surface area contributed by atoms with Crippen molar-refractivity contribution in [3.63, 3.8) is 0 Å². The Hall–Kier alpha value is -5.58. The minimum absolute atomic E-state index is 0.294. The van der Waals surface area contributed by atoms with Crippen molar-refractivity contribution in [2.45, 2.75) is 145 Å². The van der Waals surface area contributed by atoms with Gasteiger partial charge in [-0.05, 0) is 197 Å². The highest BCUT2D eigenvalue weighted by molar-refractivity contribution is 7.93. The molecule has 0 bridgehead atoms. The van der Waals surface area contributed by atoms with Gasteiger partial charge in [0, 0.05) is 36.9 Å². The summed E-state index contributed by atoms with van der Waals surface area (Å²) < 4.78 is 54.8. The fraction of sp³-hybridized carbons (Fsp3) is 0.455. The molecule has 0 heterocycles. The van der Waals surface area contributed by atoms with Gasteiger partial charge in [0.05, 0.1) is 16.9 Å². The fourth-order valence-electron chi connectivity index (χ4n) is 12.1. The molecule has 5 aliphatic carbocycles. The molecule has 10 rings (SSSR count). The number of aryl methyl sites for hydroxylation is 2. The molecule has 432 valence electrons. The minimum atomic E-state index is -3.25. The van der Waals surface area contributed by atoms with Crippen LogP contribution in [0.1, 0.15) is 135 Å². The maximum atomic E-state index is 11.3. The molecule has 4 atom stereocenters. The first kappa shape index (κ1) is 62.0. The number of hydrogen-bond acceptors (Lipinski definition) is 10. The second kappa shape index (κ2) is 31.0. The van der Waals surface area contributed by atoms with Crippen LogP contribution in [0.4, 0.5) is 0 Å². The van der Waals surface area contributed by atoms with E-state index in [-0.39, 0.29) is 0 Å². The average Bonchev–Trinajstić information content (AvgIpc) is 3.80. The predicted molar refractivity (Wildman–Crippen MR) is 326 cm³/mol. The highest BCUT2D eigenvalue weighted by atomic mass is 32.2. The summed E-state index contributed by atoms with van der Waals surface area (Å²) in [7, 11) is -1.93. The average molecular weight is 1130 g/mol. The van der Waals surface area contributed by atoms with Gasteiger partial charge in [-0.2, -0.15) is 0 Å². The number of allylic oxidation sites excluding steroid dienone is 6. The Kier molecular flexibility index (Phi) is 24.0. The number of ether oxygens (including phenoxy) is 1. The quantitative estimate of drug-likeness (QED) is 0.0500. The second-order valence-corrected chi connectivity index (χ2v) is 26.2. The number of fused-ring (bicyclic) bond motifs is 2. The van der Waals surface area contributed by atoms with Gasteiger partial charge in [0.2, 0.25) is 20.0 Å². The van der Waals surface area contributed by atoms with Crippen molar-refractivity contribution < 1.29 is 31.8 Å². The molecule has 8 N–H and O–H groups in total. The van der Waals surface area contributed by atoms with Crippen LogP contribution in [0.5, 0.6) is 17.2 Å². The summed E-state index contributed by atoms with van der Waals surface area (Å²) in [6.07, 6.45) is 28.0. The largest absolute Gasteiger partial charge is 0.508 e. The fourth-order valence-corrected chi connectivity index (χ4v) is 13.7. The number of sulfonamides is 2. The Morgan fingerprint density at radius 2 is 1.14 bits per heavy atom. The summed E-state index contributed by atoms with van der Waals surface area (Å²) in [6, 6.07) is 38.3. The molecule has 0 aliphatic heterocycles. The van der Waals surface area contributed by atoms with Gasteiger partial charge in [-0.3, -0.25) is 0 Å². The van der Waals surface area contributed by atoms with Crippen LogP contribution in [-0.2, 0) is 52.3 Å². The molecule has 0 radical (unpaired) electrons. The van der Waals surface area contributed by atoms with Crippen molar-refractivity contribution >= 4 is 20.0 Å². The summed E-state index contributed by atoms with van der Waals surface area (Å²) in [5.41, 5.74) is 15.0. The van der Waals surface area contributed by atoms with Crippen LogP contribution in [-0.4, -0.2) is 73.4 Å². The summed E-state index contributed by atoms with van der Waals surface area (Å²) in [5, 5.41) is 27.8. The van der Waals surface area contributed by atoms with Crippen LogP contribution >= 0.6 is 0 Å². The molecule has 4 unspecified atom stereocenters. The third kappa shape index (κ3) is 18.2. The van der Waals surface area contributed by atoms with Crippen LogP contribution in [0.15, 0.2) is 155 Å². The molecular formula is C66H89N5O7S2. The van der Waals surface area contributed by atoms with Gasteiger partial charge >= 0.3 is 0 Å². The van der Waals surface area contributed by atoms with E-state index >= 15 is 0 Å². The van der Waals surface area contributed by atoms with Gasteiger partial charge in [0.15, 0.2) is 0 Å². The molecule has 12 nitrogen and oxygen atoms in total. The van der Waals surface area contributed by atoms with Crippen molar-refractivity contribution in [2.24, 2.45) is 23.5 Å². The Labute approximate surface area is 478 Å². The third-order valence-corrected chi connectivity index (χ3v) is 19.9. The number of nitrogens with one attached hydrogen (secondary N) is 4. The number of nitrogens with two attached hydrogens (primary N) is 1. The number of phenolic OH excluding ortho intramolecular Hbond substituents is 2. The standard InChI is InChI=1S/C26H35NO2.C25H34N2O.C8H11NO2S.C7H9NO2S/c1-18-7-9-19(10-8-18)17-27-25-14-11-20-15-22(28)12-13-23(20)24(25)16-21-5-3-4-6-26(21)29-2;26-16-19-8-6-18(7-9-19)14-24-23-12-11-22(28)15-21(23)10-13-25(24)27-17-20-4-2-1-3-5-20;1-9-12(10,11)8-6-4-2-3-5-7-8;1-8-11(9,10)7-5-3-2-4-6-7/h3-6,12-13,15,18-19,24-25,27-28H,7-11,14,16-17H2,1-2H3;6-9,11-12,15,20,24-25,27-28H,1-5,10,13-14,16-17,26H2;2-6,9H,7H2,1H3;2-6,8H,1H3. The van der Waals surface area contributed by atoms with Crippen LogP contribution in [0.3, 0.4) is 0 Å². The lowest BCUT2D eigenvalue weighted by molar-refractivity contribution is 0.262. The van der Waals surface area contributed by atoms with E-state index in [1.165, 1.54) is 111 Å². The van der Waals surface area contributed by atoms with E-state index in [1.807, 2.05) is 42.5 Å². The first-order valence-corrected chi connectivity index (χ1v) is 32.1. The molecule has 80 heavy (non-hydrogen) atoms. The van der Waals surface area contributed by atoms with Gasteiger partial charge in [-0.15, -0.1) is 0 Å². The molecule has 2 fully saturated rings. The number of rotatable bonds is 16. The van der Waals surface area contributed by atoms with Gasteiger partial charge < -0.3 is 31.3 Å². The van der Waals surface area contributed by atoms with E-state index in [9.17, 15) is 27.0 Å². The molecule has 0 saturated heterocycles. The predicted octanol–water partition coefficient (Wildman–Crippen LogP) is 11.6. The first-order chi connectivity index (χ1) is 38.7. The topological polar surface area (TPSA) is 192 Å². The normalized spacial score (nSPS) is 21.8. The second-order valence-electron chi connectivity index (χ2n) is 22.3. The van der Waals surface area contributed by atoms with Crippen molar-refractivity contribution in [1.82, 2.24) is 20.1 Å². The Balaban J connectivity index is 0.000000168. The van der Waals surface area contributed by atoms with E-state index < -0.39 is 20.0 Å². The van der Waals surface area contributed by atoms with Gasteiger partial charge in [0.25, 0.3) is 0 Å². The van der Waals surface area contributed by atoms with Gasteiger partial charge in [0.1, 0.15) is 17.2 Å². The van der Waals surface area contributed by atoms with Gasteiger partial charge in [-0.1, -0.05) is 136 Å². The lowest BCUT2D eigenvalue weighted by atomic mass is 9.75. The van der Waals surface area contributed by atoms with Crippen LogP contribution in [0, 0.1) is 17.8 Å². The van der Waals surface area contributed by atoms with E-state index in [0.29, 0.717) is 58.2 Å². The smallest absolute Gasteiger partial charge is 0.240 e. The van der Waals surface area contributed by atoms with E-state index in [2.05, 4.69) is 81.6 Å². The molecule has 0 spiro atoms. The number of benzene rings is 5. The Morgan fingerprint density at radius 3 is 1.71 bits per heavy atom. The zero-order valence-corrected chi connectivity index (χ0v) is 49.3. The molecule has 14 heteroatoms. The van der Waals surface area contributed by atoms with E-state index in [0.717, 1.165) is 75.1 Å². The highest BCUT2D eigenvalue weighted by Gasteiger charge is 2.33. The van der Waals surface area contributed by atoms with Crippen LogP contribution < -0.4 is 30.5 Å². The van der Waals surface area contributed by atoms with E-state index in [4.69, 9.17) is 10.5 Å². The summed E-state index contributed by atoms with van der Waals surface area (Å²) in [6.45, 7) is 5.27. The Bertz CT molecular complexity index is 3020. The van der Waals surface area contributed by atoms with Crippen molar-refractivity contribution in [2.75, 3.05) is 34.3 Å². The zero-order chi connectivity index (χ0) is 56.9. The van der Waals surface area contributed by atoms with Gasteiger partial charge in [-0.25, -0.2) is 26.3 Å². The lowest BCUT2D eigenvalue weighted by Crippen LogP contribution is -2.42. The van der Waals surface area contributed by atoms with Crippen molar-refractivity contribution in [1.29, 1.82) is 0 Å². The molecule has 0 aromatic heterocycles. The zero-order valence-electron chi connectivity index (χ0n) is 47.7. The third-order valence-electron chi connectivity index (χ3n) is 16.9. The summed E-state index contributed by atoms with van der Waals surface area (Å²) in [4.78, 5) is 0.692. The number of hydrogen-bond donors (Lipinski definition) is 7. The number of phenols is 2. The molecule has 5 aromatic rings. The molecule has 0 amide bonds. The highest BCUT2D eigenvalue weighted by Crippen LogP contribution is 2.40. The number of aromatic hydroxyl groups is 2. The number of para-hydroxylation sites is 1. The van der Waals surface area contributed by atoms with E-state index in [1.54, 1.807) is 55.7 Å².